The summed E-state index contributed by atoms with van der Waals surface area (Å²) in [6, 6.07) is 19.1. The number of ether oxygens (including phenoxy) is 1. The van der Waals surface area contributed by atoms with E-state index in [1.54, 1.807) is 24.4 Å². The highest BCUT2D eigenvalue weighted by molar-refractivity contribution is 7.90. The monoisotopic (exact) mass is 920 g/mol. The lowest BCUT2D eigenvalue weighted by Crippen LogP contribution is -2.47. The van der Waals surface area contributed by atoms with Gasteiger partial charge in [-0.2, -0.15) is 13.2 Å². The molecule has 5 aromatic rings. The molecule has 2 fully saturated rings. The number of H-pyrrole nitrogens is 1. The fraction of sp³-hybridized carbons (Fsp3) is 0.378. The highest BCUT2D eigenvalue weighted by atomic mass is 35.5. The van der Waals surface area contributed by atoms with Gasteiger partial charge in [0.15, 0.2) is 0 Å². The minimum atomic E-state index is -4.69. The van der Waals surface area contributed by atoms with Gasteiger partial charge in [0.25, 0.3) is 21.6 Å². The lowest BCUT2D eigenvalue weighted by molar-refractivity contribution is -0.384. The summed E-state index contributed by atoms with van der Waals surface area (Å²) in [6.07, 6.45) is 2.23. The first-order chi connectivity index (χ1) is 30.4. The van der Waals surface area contributed by atoms with Crippen LogP contribution >= 0.6 is 11.6 Å². The molecule has 3 N–H and O–H groups in total. The van der Waals surface area contributed by atoms with E-state index < -0.39 is 50.2 Å². The average molecular weight is 921 g/mol. The zero-order valence-electron chi connectivity index (χ0n) is 35.3. The first kappa shape index (κ1) is 44.9. The summed E-state index contributed by atoms with van der Waals surface area (Å²) in [5, 5.41) is 16.5. The van der Waals surface area contributed by atoms with E-state index >= 15 is 0 Å². The SMILES string of the molecule is CC1(C)CCC(CN2CCN(c3ccc(C(=O)NS(=O)(=O)c4ccc(NC5CCN(CC(F)(F)F)C5)c([N+](=O)[O-])c4)c(Oc4cnc5[nH]ccc5c4)c3)CC2)=C(c2ccc(Cl)cc2)C1. The van der Waals surface area contributed by atoms with Crippen LogP contribution in [0.4, 0.5) is 30.2 Å². The molecular formula is C45H48ClF3N8O6S. The van der Waals surface area contributed by atoms with Crippen LogP contribution in [0.3, 0.4) is 0 Å². The minimum Gasteiger partial charge on any atom is -0.455 e. The molecule has 0 spiro atoms. The Kier molecular flexibility index (Phi) is 12.7. The molecule has 338 valence electrons. The van der Waals surface area contributed by atoms with Crippen LogP contribution in [0.15, 0.2) is 95.7 Å². The molecule has 0 saturated carbocycles. The van der Waals surface area contributed by atoms with E-state index in [9.17, 15) is 36.5 Å². The predicted molar refractivity (Wildman–Crippen MR) is 240 cm³/mol. The number of nitro benzene ring substituents is 1. The van der Waals surface area contributed by atoms with Gasteiger partial charge in [-0.1, -0.05) is 43.2 Å². The van der Waals surface area contributed by atoms with E-state index in [4.69, 9.17) is 16.3 Å². The van der Waals surface area contributed by atoms with Crippen LogP contribution in [0.25, 0.3) is 16.6 Å². The van der Waals surface area contributed by atoms with Crippen LogP contribution in [0.1, 0.15) is 55.5 Å². The van der Waals surface area contributed by atoms with Crippen molar-refractivity contribution in [3.63, 3.8) is 0 Å². The van der Waals surface area contributed by atoms with Gasteiger partial charge in [0.05, 0.1) is 28.1 Å². The Morgan fingerprint density at radius 1 is 1.02 bits per heavy atom. The van der Waals surface area contributed by atoms with Crippen LogP contribution in [0.2, 0.25) is 5.02 Å². The number of nitrogens with zero attached hydrogens (tertiary/aromatic N) is 5. The van der Waals surface area contributed by atoms with Crippen LogP contribution in [-0.2, 0) is 10.0 Å². The summed E-state index contributed by atoms with van der Waals surface area (Å²) in [7, 11) is -4.69. The fourth-order valence-electron chi connectivity index (χ4n) is 8.74. The van der Waals surface area contributed by atoms with E-state index in [1.165, 1.54) is 39.9 Å². The Labute approximate surface area is 373 Å². The van der Waals surface area contributed by atoms with Gasteiger partial charge in [-0.05, 0) is 90.8 Å². The Balaban J connectivity index is 0.996. The summed E-state index contributed by atoms with van der Waals surface area (Å²) < 4.78 is 74.5. The molecule has 14 nitrogen and oxygen atoms in total. The van der Waals surface area contributed by atoms with Crippen molar-refractivity contribution in [1.29, 1.82) is 0 Å². The number of allylic oxidation sites excluding steroid dienone is 1. The quantitative estimate of drug-likeness (QED) is 0.0763. The van der Waals surface area contributed by atoms with Crippen molar-refractivity contribution < 1.29 is 36.0 Å². The molecule has 0 radical (unpaired) electrons. The van der Waals surface area contributed by atoms with E-state index in [1.807, 2.05) is 22.9 Å². The number of carbonyl (C=O) groups excluding carboxylic acids is 1. The number of aromatic amines is 1. The molecular weight excluding hydrogens is 873 g/mol. The maximum absolute atomic E-state index is 13.9. The van der Waals surface area contributed by atoms with Crippen molar-refractivity contribution in [2.24, 2.45) is 5.41 Å². The topological polar surface area (TPSA) is 166 Å². The number of nitrogens with one attached hydrogen (secondary N) is 3. The second-order valence-corrected chi connectivity index (χ2v) is 19.5. The molecule has 1 atom stereocenters. The third-order valence-electron chi connectivity index (χ3n) is 12.1. The number of fused-ring (bicyclic) bond motifs is 1. The number of amides is 1. The van der Waals surface area contributed by atoms with Gasteiger partial charge in [0.2, 0.25) is 0 Å². The number of piperazine rings is 1. The number of rotatable bonds is 13. The number of anilines is 2. The number of sulfonamides is 1. The number of pyridine rings is 1. The van der Waals surface area contributed by atoms with Crippen molar-refractivity contribution >= 4 is 61.2 Å². The van der Waals surface area contributed by atoms with Gasteiger partial charge in [-0.3, -0.25) is 24.7 Å². The molecule has 4 heterocycles. The number of likely N-dealkylation sites (tertiary alicyclic amines) is 1. The zero-order chi connectivity index (χ0) is 45.4. The van der Waals surface area contributed by atoms with E-state index in [0.29, 0.717) is 35.9 Å². The Morgan fingerprint density at radius 2 is 1.78 bits per heavy atom. The first-order valence-electron chi connectivity index (χ1n) is 21.0. The molecule has 2 aliphatic heterocycles. The van der Waals surface area contributed by atoms with Crippen molar-refractivity contribution in [3.8, 4) is 11.5 Å². The standard InChI is InChI=1S/C45H48ClF3N8O6S/c1-44(2)14-11-31(38(24-44)29-3-5-32(46)6-4-29)26-54-17-19-56(20-18-54)34-7-9-37(41(22-34)63-35-21-30-12-15-50-42(30)51-25-35)43(58)53-64(61,62)36-8-10-39(40(23-36)57(59)60)52-33-13-16-55(27-33)28-45(47,48)49/h3-10,12,15,21-23,25,33,52H,11,13-14,16-20,24,26-28H2,1-2H3,(H,50,51)(H,53,58). The summed E-state index contributed by atoms with van der Waals surface area (Å²) >= 11 is 6.23. The van der Waals surface area contributed by atoms with Gasteiger partial charge in [-0.25, -0.2) is 18.1 Å². The highest BCUT2D eigenvalue weighted by Gasteiger charge is 2.35. The number of benzene rings is 3. The lowest BCUT2D eigenvalue weighted by Gasteiger charge is -2.39. The fourth-order valence-corrected chi connectivity index (χ4v) is 9.85. The van der Waals surface area contributed by atoms with Gasteiger partial charge >= 0.3 is 6.18 Å². The molecule has 0 bridgehead atoms. The average Bonchev–Trinajstić information content (AvgIpc) is 3.90. The Hall–Kier alpha value is -5.69. The lowest BCUT2D eigenvalue weighted by atomic mass is 9.72. The van der Waals surface area contributed by atoms with Crippen LogP contribution in [-0.4, -0.2) is 104 Å². The predicted octanol–water partition coefficient (Wildman–Crippen LogP) is 8.87. The number of hydrogen-bond donors (Lipinski definition) is 3. The highest BCUT2D eigenvalue weighted by Crippen LogP contribution is 2.43. The maximum atomic E-state index is 13.9. The molecule has 1 aliphatic carbocycles. The molecule has 19 heteroatoms. The van der Waals surface area contributed by atoms with Crippen molar-refractivity contribution in [3.05, 3.63) is 117 Å². The van der Waals surface area contributed by atoms with Crippen LogP contribution < -0.4 is 19.7 Å². The Morgan fingerprint density at radius 3 is 2.52 bits per heavy atom. The molecule has 64 heavy (non-hydrogen) atoms. The molecule has 3 aromatic carbocycles. The molecule has 2 aromatic heterocycles. The number of nitro groups is 1. The number of carbonyl (C=O) groups is 1. The second kappa shape index (κ2) is 18.1. The van der Waals surface area contributed by atoms with Crippen molar-refractivity contribution in [2.75, 3.05) is 62.6 Å². The number of alkyl halides is 3. The van der Waals surface area contributed by atoms with Crippen molar-refractivity contribution in [2.45, 2.75) is 56.6 Å². The van der Waals surface area contributed by atoms with E-state index in [0.717, 1.165) is 62.1 Å². The molecule has 8 rings (SSSR count). The smallest absolute Gasteiger partial charge is 0.401 e. The van der Waals surface area contributed by atoms with E-state index in [2.05, 4.69) is 51.1 Å². The van der Waals surface area contributed by atoms with Gasteiger partial charge in [0, 0.05) is 86.3 Å². The number of halogens is 4. The number of hydrogen-bond acceptors (Lipinski definition) is 11. The third kappa shape index (κ3) is 10.6. The third-order valence-corrected chi connectivity index (χ3v) is 13.7. The van der Waals surface area contributed by atoms with Crippen LogP contribution in [0, 0.1) is 15.5 Å². The van der Waals surface area contributed by atoms with E-state index in [-0.39, 0.29) is 35.5 Å². The Bertz CT molecular complexity index is 2700. The molecule has 1 unspecified atom stereocenters. The molecule has 3 aliphatic rings. The normalized spacial score (nSPS) is 18.7. The van der Waals surface area contributed by atoms with Gasteiger partial charge in [0.1, 0.15) is 22.8 Å². The van der Waals surface area contributed by atoms with Gasteiger partial charge in [-0.15, -0.1) is 0 Å². The summed E-state index contributed by atoms with van der Waals surface area (Å²) in [4.78, 5) is 37.9. The van der Waals surface area contributed by atoms with Crippen molar-refractivity contribution in [1.82, 2.24) is 24.5 Å². The summed E-state index contributed by atoms with van der Waals surface area (Å²) in [6.45, 7) is 7.42. The molecule has 1 amide bonds. The number of aromatic nitrogens is 2. The summed E-state index contributed by atoms with van der Waals surface area (Å²) in [5.74, 6) is -0.675. The maximum Gasteiger partial charge on any atom is 0.401 e. The largest absolute Gasteiger partial charge is 0.455 e. The van der Waals surface area contributed by atoms with Crippen LogP contribution in [0.5, 0.6) is 11.5 Å². The first-order valence-corrected chi connectivity index (χ1v) is 22.8. The van der Waals surface area contributed by atoms with Gasteiger partial charge < -0.3 is 19.9 Å². The second-order valence-electron chi connectivity index (χ2n) is 17.4. The minimum absolute atomic E-state index is 0.00889. The summed E-state index contributed by atoms with van der Waals surface area (Å²) in [5.41, 5.74) is 4.81. The molecule has 2 saturated heterocycles. The zero-order valence-corrected chi connectivity index (χ0v) is 36.8.